The Balaban J connectivity index is 1.92. The Bertz CT molecular complexity index is 783. The van der Waals surface area contributed by atoms with Crippen molar-refractivity contribution in [1.82, 2.24) is 0 Å². The third kappa shape index (κ3) is 4.43. The first kappa shape index (κ1) is 16.3. The van der Waals surface area contributed by atoms with Gasteiger partial charge in [-0.25, -0.2) is 4.79 Å². The number of hydrogen-bond donors (Lipinski definition) is 0. The fourth-order valence-electron chi connectivity index (χ4n) is 1.61. The van der Waals surface area contributed by atoms with E-state index in [0.29, 0.717) is 11.3 Å². The van der Waals surface area contributed by atoms with Gasteiger partial charge < -0.3 is 9.47 Å². The van der Waals surface area contributed by atoms with E-state index >= 15 is 0 Å². The quantitative estimate of drug-likeness (QED) is 0.361. The lowest BCUT2D eigenvalue weighted by atomic mass is 10.2. The Hall–Kier alpha value is -3.11. The Morgan fingerprint density at radius 2 is 1.96 bits per heavy atom. The summed E-state index contributed by atoms with van der Waals surface area (Å²) < 4.78 is 10.2. The van der Waals surface area contributed by atoms with Gasteiger partial charge in [-0.15, -0.1) is 0 Å². The molecule has 0 unspecified atom stereocenters. The Labute approximate surface area is 135 Å². The van der Waals surface area contributed by atoms with E-state index in [0.717, 1.165) is 0 Å². The van der Waals surface area contributed by atoms with Gasteiger partial charge in [0, 0.05) is 12.1 Å². The number of nitro benzene ring substituents is 1. The molecule has 0 fully saturated rings. The van der Waals surface area contributed by atoms with Crippen LogP contribution in [-0.4, -0.2) is 17.5 Å². The van der Waals surface area contributed by atoms with Crippen molar-refractivity contribution in [2.24, 2.45) is 0 Å². The van der Waals surface area contributed by atoms with Gasteiger partial charge >= 0.3 is 5.97 Å². The maximum atomic E-state index is 11.7. The minimum absolute atomic E-state index is 0.0794. The topological polar surface area (TPSA) is 102 Å². The zero-order valence-corrected chi connectivity index (χ0v) is 12.3. The second-order valence-electron chi connectivity index (χ2n) is 4.27. The van der Waals surface area contributed by atoms with Crippen molar-refractivity contribution in [1.29, 1.82) is 5.26 Å². The van der Waals surface area contributed by atoms with Crippen LogP contribution in [-0.2, 0) is 4.79 Å². The molecule has 0 radical (unpaired) electrons. The molecule has 7 nitrogen and oxygen atoms in total. The molecule has 0 spiro atoms. The minimum Gasteiger partial charge on any atom is -0.482 e. The third-order valence-electron chi connectivity index (χ3n) is 2.69. The van der Waals surface area contributed by atoms with Crippen molar-refractivity contribution in [2.45, 2.75) is 0 Å². The minimum atomic E-state index is -0.699. The SMILES string of the molecule is N#Cc1ccc(OC(=O)COc2ccc([N+](=O)[O-])cc2)c(Cl)c1. The summed E-state index contributed by atoms with van der Waals surface area (Å²) in [4.78, 5) is 21.7. The lowest BCUT2D eigenvalue weighted by Gasteiger charge is -2.08. The molecule has 2 aromatic rings. The number of nitrogens with zero attached hydrogens (tertiary/aromatic N) is 2. The number of carbonyl (C=O) groups excluding carboxylic acids is 1. The van der Waals surface area contributed by atoms with Gasteiger partial charge in [0.1, 0.15) is 11.5 Å². The number of rotatable bonds is 5. The molecule has 0 aliphatic heterocycles. The summed E-state index contributed by atoms with van der Waals surface area (Å²) in [7, 11) is 0. The molecule has 0 saturated heterocycles. The number of benzene rings is 2. The molecule has 0 saturated carbocycles. The summed E-state index contributed by atoms with van der Waals surface area (Å²) in [6.07, 6.45) is 0. The molecule has 2 rings (SSSR count). The van der Waals surface area contributed by atoms with Gasteiger partial charge in [0.25, 0.3) is 5.69 Å². The molecule has 116 valence electrons. The van der Waals surface area contributed by atoms with E-state index < -0.39 is 17.5 Å². The van der Waals surface area contributed by atoms with Gasteiger partial charge in [-0.3, -0.25) is 10.1 Å². The highest BCUT2D eigenvalue weighted by Gasteiger charge is 2.11. The van der Waals surface area contributed by atoms with Gasteiger partial charge in [-0.2, -0.15) is 5.26 Å². The van der Waals surface area contributed by atoms with E-state index in [-0.39, 0.29) is 16.5 Å². The zero-order valence-electron chi connectivity index (χ0n) is 11.6. The summed E-state index contributed by atoms with van der Waals surface area (Å²) in [5.41, 5.74) is 0.265. The standard InChI is InChI=1S/C15H9ClN2O5/c16-13-7-10(8-17)1-6-14(13)23-15(19)9-22-12-4-2-11(3-5-12)18(20)21/h1-7H,9H2. The summed E-state index contributed by atoms with van der Waals surface area (Å²) in [6, 6.07) is 11.4. The number of non-ortho nitro benzene ring substituents is 1. The zero-order chi connectivity index (χ0) is 16.8. The van der Waals surface area contributed by atoms with Crippen molar-refractivity contribution in [2.75, 3.05) is 6.61 Å². The van der Waals surface area contributed by atoms with Crippen LogP contribution in [0, 0.1) is 21.4 Å². The number of esters is 1. The predicted octanol–water partition coefficient (Wildman–Crippen LogP) is 3.10. The first-order valence-electron chi connectivity index (χ1n) is 6.27. The van der Waals surface area contributed by atoms with Crippen LogP contribution in [0.25, 0.3) is 0 Å². The maximum Gasteiger partial charge on any atom is 0.349 e. The first-order chi connectivity index (χ1) is 11.0. The van der Waals surface area contributed by atoms with Crippen molar-refractivity contribution < 1.29 is 19.2 Å². The molecule has 0 atom stereocenters. The summed E-state index contributed by atoms with van der Waals surface area (Å²) >= 11 is 5.88. The Kier molecular flexibility index (Phi) is 5.12. The number of nitriles is 1. The predicted molar refractivity (Wildman–Crippen MR) is 80.4 cm³/mol. The number of halogens is 1. The average molecular weight is 333 g/mol. The van der Waals surface area contributed by atoms with E-state index in [2.05, 4.69) is 0 Å². The number of carbonyl (C=O) groups is 1. The summed E-state index contributed by atoms with van der Waals surface area (Å²) in [5, 5.41) is 19.4. The van der Waals surface area contributed by atoms with Crippen molar-refractivity contribution in [3.8, 4) is 17.6 Å². The van der Waals surface area contributed by atoms with Gasteiger partial charge in [-0.05, 0) is 30.3 Å². The average Bonchev–Trinajstić information content (AvgIpc) is 2.55. The van der Waals surface area contributed by atoms with Crippen molar-refractivity contribution in [3.05, 3.63) is 63.2 Å². The first-order valence-corrected chi connectivity index (χ1v) is 6.65. The van der Waals surface area contributed by atoms with Crippen LogP contribution in [0.3, 0.4) is 0 Å². The van der Waals surface area contributed by atoms with Gasteiger partial charge in [0.15, 0.2) is 6.61 Å². The Morgan fingerprint density at radius 3 is 2.52 bits per heavy atom. The van der Waals surface area contributed by atoms with E-state index in [1.807, 2.05) is 6.07 Å². The van der Waals surface area contributed by atoms with E-state index in [4.69, 9.17) is 26.3 Å². The fraction of sp³-hybridized carbons (Fsp3) is 0.0667. The largest absolute Gasteiger partial charge is 0.482 e. The van der Waals surface area contributed by atoms with Crippen LogP contribution in [0.5, 0.6) is 11.5 Å². The highest BCUT2D eigenvalue weighted by Crippen LogP contribution is 2.25. The molecule has 0 aliphatic carbocycles. The molecule has 0 bridgehead atoms. The summed E-state index contributed by atoms with van der Waals surface area (Å²) in [6.45, 7) is -0.395. The lowest BCUT2D eigenvalue weighted by Crippen LogP contribution is -2.17. The van der Waals surface area contributed by atoms with E-state index in [1.165, 1.54) is 42.5 Å². The van der Waals surface area contributed by atoms with Crippen LogP contribution < -0.4 is 9.47 Å². The second kappa shape index (κ2) is 7.24. The van der Waals surface area contributed by atoms with Crippen molar-refractivity contribution >= 4 is 23.3 Å². The smallest absolute Gasteiger partial charge is 0.349 e. The van der Waals surface area contributed by atoms with Crippen molar-refractivity contribution in [3.63, 3.8) is 0 Å². The monoisotopic (exact) mass is 332 g/mol. The normalized spacial score (nSPS) is 9.74. The second-order valence-corrected chi connectivity index (χ2v) is 4.68. The molecule has 23 heavy (non-hydrogen) atoms. The van der Waals surface area contributed by atoms with Crippen LogP contribution >= 0.6 is 11.6 Å². The molecule has 0 heterocycles. The molecule has 0 aromatic heterocycles. The highest BCUT2D eigenvalue weighted by molar-refractivity contribution is 6.32. The van der Waals surface area contributed by atoms with Gasteiger partial charge in [-0.1, -0.05) is 11.6 Å². The maximum absolute atomic E-state index is 11.7. The Morgan fingerprint density at radius 1 is 1.26 bits per heavy atom. The van der Waals surface area contributed by atoms with Crippen LogP contribution in [0.2, 0.25) is 5.02 Å². The number of ether oxygens (including phenoxy) is 2. The fourth-order valence-corrected chi connectivity index (χ4v) is 1.83. The molecular formula is C15H9ClN2O5. The van der Waals surface area contributed by atoms with E-state index in [9.17, 15) is 14.9 Å². The molecule has 0 aliphatic rings. The highest BCUT2D eigenvalue weighted by atomic mass is 35.5. The lowest BCUT2D eigenvalue weighted by molar-refractivity contribution is -0.384. The molecule has 2 aromatic carbocycles. The van der Waals surface area contributed by atoms with Gasteiger partial charge in [0.2, 0.25) is 0 Å². The molecule has 0 N–H and O–H groups in total. The van der Waals surface area contributed by atoms with Crippen LogP contribution in [0.4, 0.5) is 5.69 Å². The third-order valence-corrected chi connectivity index (χ3v) is 2.98. The summed E-state index contributed by atoms with van der Waals surface area (Å²) in [5.74, 6) is -0.295. The van der Waals surface area contributed by atoms with Gasteiger partial charge in [0.05, 0.1) is 21.6 Å². The molecule has 8 heteroatoms. The van der Waals surface area contributed by atoms with Crippen LogP contribution in [0.1, 0.15) is 5.56 Å². The molecular weight excluding hydrogens is 324 g/mol. The number of nitro groups is 1. The van der Waals surface area contributed by atoms with E-state index in [1.54, 1.807) is 0 Å². The number of hydrogen-bond acceptors (Lipinski definition) is 6. The molecule has 0 amide bonds. The van der Waals surface area contributed by atoms with Crippen LogP contribution in [0.15, 0.2) is 42.5 Å².